The van der Waals surface area contributed by atoms with Crippen LogP contribution in [0.2, 0.25) is 0 Å². The average Bonchev–Trinajstić information content (AvgIpc) is 3.23. The van der Waals surface area contributed by atoms with Gasteiger partial charge in [0.15, 0.2) is 6.10 Å². The standard InChI is InChI=1S/C52H88NO8P/c1-6-8-10-12-14-16-18-20-22-24-25-26-27-29-31-33-35-37-39-41-43-45-52(55)61-50(49-60-62(56,57)59-47-46-53(3,4)5)48-58-51(54)44-42-40-38-36-34-32-30-28-23-21-19-17-15-13-11-9-7-2/h15,17,21-24,26-27,30-33,36-39,50H,6-14,16,18-20,25,28-29,34-35,40-49H2,1-5H3/p+1/b17-15+,23-21+,24-22+,27-26+,32-30+,33-31+,38-36+,39-37+/t50-/m1/s1. The third-order valence-electron chi connectivity index (χ3n) is 9.59. The van der Waals surface area contributed by atoms with E-state index in [0.29, 0.717) is 30.3 Å². The Bertz CT molecular complexity index is 1370. The Morgan fingerprint density at radius 3 is 1.32 bits per heavy atom. The number of carbonyl (C=O) groups excluding carboxylic acids is 2. The van der Waals surface area contributed by atoms with Gasteiger partial charge in [-0.1, -0.05) is 162 Å². The molecule has 0 aromatic heterocycles. The van der Waals surface area contributed by atoms with E-state index in [1.165, 1.54) is 77.0 Å². The fourth-order valence-corrected chi connectivity index (χ4v) is 6.56. The van der Waals surface area contributed by atoms with E-state index in [0.717, 1.165) is 44.9 Å². The van der Waals surface area contributed by atoms with Crippen molar-refractivity contribution in [1.82, 2.24) is 0 Å². The molecule has 0 amide bonds. The van der Waals surface area contributed by atoms with E-state index in [2.05, 4.69) is 105 Å². The molecular formula is C52H89NO8P+. The van der Waals surface area contributed by atoms with Crippen LogP contribution in [0.1, 0.15) is 168 Å². The van der Waals surface area contributed by atoms with E-state index in [-0.39, 0.29) is 26.1 Å². The normalized spacial score (nSPS) is 14.4. The summed E-state index contributed by atoms with van der Waals surface area (Å²) >= 11 is 0. The third kappa shape index (κ3) is 46.4. The lowest BCUT2D eigenvalue weighted by atomic mass is 10.1. The summed E-state index contributed by atoms with van der Waals surface area (Å²) in [5, 5.41) is 0. The highest BCUT2D eigenvalue weighted by molar-refractivity contribution is 7.47. The second-order valence-electron chi connectivity index (χ2n) is 16.8. The summed E-state index contributed by atoms with van der Waals surface area (Å²) in [5.74, 6) is -0.938. The number of nitrogens with zero attached hydrogens (tertiary/aromatic N) is 1. The highest BCUT2D eigenvalue weighted by Crippen LogP contribution is 2.43. The van der Waals surface area contributed by atoms with Gasteiger partial charge in [-0.3, -0.25) is 18.6 Å². The lowest BCUT2D eigenvalue weighted by Gasteiger charge is -2.24. The molecule has 0 bridgehead atoms. The number of carbonyl (C=O) groups is 2. The highest BCUT2D eigenvalue weighted by atomic mass is 31.2. The number of allylic oxidation sites excluding steroid dienone is 16. The van der Waals surface area contributed by atoms with Crippen LogP contribution >= 0.6 is 7.82 Å². The molecule has 0 fully saturated rings. The SMILES string of the molecule is CCCCC/C=C/C/C=C/C/C=C/C/C=C/CCCC(=O)OC[C@H](COP(=O)(O)OCC[N+](C)(C)C)OC(=O)CCC/C=C/C/C=C/C/C=C/C/C=C/CCCCCCCCC. The number of hydrogen-bond acceptors (Lipinski definition) is 7. The molecule has 2 atom stereocenters. The summed E-state index contributed by atoms with van der Waals surface area (Å²) in [6, 6.07) is 0. The molecule has 1 unspecified atom stereocenters. The second-order valence-corrected chi connectivity index (χ2v) is 18.2. The number of phosphoric ester groups is 1. The van der Waals surface area contributed by atoms with Crippen molar-refractivity contribution in [2.45, 2.75) is 174 Å². The van der Waals surface area contributed by atoms with Crippen LogP contribution in [-0.4, -0.2) is 74.9 Å². The molecule has 0 aromatic carbocycles. The van der Waals surface area contributed by atoms with Crippen LogP contribution in [0.3, 0.4) is 0 Å². The predicted molar refractivity (Wildman–Crippen MR) is 261 cm³/mol. The second kappa shape index (κ2) is 43.2. The van der Waals surface area contributed by atoms with Gasteiger partial charge in [-0.2, -0.15) is 0 Å². The average molecular weight is 887 g/mol. The Kier molecular flexibility index (Phi) is 41.1. The molecule has 0 heterocycles. The molecule has 0 aliphatic rings. The zero-order valence-corrected chi connectivity index (χ0v) is 40.7. The number of quaternary nitrogens is 1. The Hall–Kier alpha value is -3.07. The number of phosphoric acid groups is 1. The van der Waals surface area contributed by atoms with E-state index < -0.39 is 32.5 Å². The predicted octanol–water partition coefficient (Wildman–Crippen LogP) is 14.1. The summed E-state index contributed by atoms with van der Waals surface area (Å²) < 4.78 is 34.2. The van der Waals surface area contributed by atoms with Crippen LogP contribution in [0, 0.1) is 0 Å². The molecule has 9 nitrogen and oxygen atoms in total. The van der Waals surface area contributed by atoms with Crippen molar-refractivity contribution in [2.24, 2.45) is 0 Å². The summed E-state index contributed by atoms with van der Waals surface area (Å²) in [6.07, 6.45) is 57.6. The van der Waals surface area contributed by atoms with Gasteiger partial charge in [-0.05, 0) is 89.9 Å². The number of rotatable bonds is 42. The summed E-state index contributed by atoms with van der Waals surface area (Å²) in [6.45, 7) is 4.25. The van der Waals surface area contributed by atoms with E-state index >= 15 is 0 Å². The zero-order valence-electron chi connectivity index (χ0n) is 39.8. The van der Waals surface area contributed by atoms with Gasteiger partial charge in [0.05, 0.1) is 27.7 Å². The van der Waals surface area contributed by atoms with E-state index in [4.69, 9.17) is 18.5 Å². The van der Waals surface area contributed by atoms with Crippen molar-refractivity contribution in [3.05, 3.63) is 97.2 Å². The van der Waals surface area contributed by atoms with Gasteiger partial charge < -0.3 is 18.9 Å². The maximum atomic E-state index is 12.7. The lowest BCUT2D eigenvalue weighted by molar-refractivity contribution is -0.870. The maximum absolute atomic E-state index is 12.7. The number of likely N-dealkylation sites (N-methyl/N-ethyl adjacent to an activating group) is 1. The van der Waals surface area contributed by atoms with Crippen LogP contribution in [-0.2, 0) is 32.7 Å². The summed E-state index contributed by atoms with van der Waals surface area (Å²) in [7, 11) is 1.40. The maximum Gasteiger partial charge on any atom is 0.472 e. The van der Waals surface area contributed by atoms with Gasteiger partial charge in [-0.15, -0.1) is 0 Å². The molecule has 0 saturated carbocycles. The minimum atomic E-state index is -4.41. The van der Waals surface area contributed by atoms with Crippen molar-refractivity contribution in [1.29, 1.82) is 0 Å². The molecule has 354 valence electrons. The lowest BCUT2D eigenvalue weighted by Crippen LogP contribution is -2.37. The quantitative estimate of drug-likeness (QED) is 0.0212. The van der Waals surface area contributed by atoms with Crippen LogP contribution in [0.4, 0.5) is 0 Å². The Labute approximate surface area is 379 Å². The Morgan fingerprint density at radius 2 is 0.871 bits per heavy atom. The monoisotopic (exact) mass is 887 g/mol. The topological polar surface area (TPSA) is 108 Å². The van der Waals surface area contributed by atoms with E-state index in [1.54, 1.807) is 0 Å². The molecule has 0 rings (SSSR count). The summed E-state index contributed by atoms with van der Waals surface area (Å²) in [5.41, 5.74) is 0. The molecule has 0 aliphatic heterocycles. The fraction of sp³-hybridized carbons (Fsp3) is 0.654. The van der Waals surface area contributed by atoms with Crippen molar-refractivity contribution in [2.75, 3.05) is 47.5 Å². The van der Waals surface area contributed by atoms with E-state index in [1.807, 2.05) is 27.2 Å². The molecular weight excluding hydrogens is 798 g/mol. The van der Waals surface area contributed by atoms with Gasteiger partial charge in [0.25, 0.3) is 0 Å². The first kappa shape index (κ1) is 58.9. The van der Waals surface area contributed by atoms with Crippen LogP contribution in [0.15, 0.2) is 97.2 Å². The first-order valence-corrected chi connectivity index (χ1v) is 25.5. The van der Waals surface area contributed by atoms with Gasteiger partial charge in [0, 0.05) is 12.8 Å². The molecule has 1 N–H and O–H groups in total. The summed E-state index contributed by atoms with van der Waals surface area (Å²) in [4.78, 5) is 35.4. The van der Waals surface area contributed by atoms with Gasteiger partial charge in [0.1, 0.15) is 19.8 Å². The number of unbranched alkanes of at least 4 members (excludes halogenated alkanes) is 12. The molecule has 0 aromatic rings. The highest BCUT2D eigenvalue weighted by Gasteiger charge is 2.27. The third-order valence-corrected chi connectivity index (χ3v) is 10.6. The zero-order chi connectivity index (χ0) is 45.7. The van der Waals surface area contributed by atoms with Crippen molar-refractivity contribution < 1.29 is 42.1 Å². The molecule has 62 heavy (non-hydrogen) atoms. The van der Waals surface area contributed by atoms with Crippen LogP contribution < -0.4 is 0 Å². The Morgan fingerprint density at radius 1 is 0.500 bits per heavy atom. The minimum Gasteiger partial charge on any atom is -0.462 e. The Balaban J connectivity index is 4.52. The molecule has 0 radical (unpaired) electrons. The first-order valence-electron chi connectivity index (χ1n) is 24.0. The smallest absolute Gasteiger partial charge is 0.462 e. The molecule has 10 heteroatoms. The minimum absolute atomic E-state index is 0.00775. The van der Waals surface area contributed by atoms with Crippen LogP contribution in [0.25, 0.3) is 0 Å². The van der Waals surface area contributed by atoms with Crippen molar-refractivity contribution >= 4 is 19.8 Å². The molecule has 0 saturated heterocycles. The van der Waals surface area contributed by atoms with Gasteiger partial charge >= 0.3 is 19.8 Å². The first-order chi connectivity index (χ1) is 30.0. The fourth-order valence-electron chi connectivity index (χ4n) is 5.82. The van der Waals surface area contributed by atoms with E-state index in [9.17, 15) is 19.0 Å². The van der Waals surface area contributed by atoms with Crippen molar-refractivity contribution in [3.63, 3.8) is 0 Å². The number of ether oxygens (including phenoxy) is 2. The largest absolute Gasteiger partial charge is 0.472 e. The van der Waals surface area contributed by atoms with Crippen LogP contribution in [0.5, 0.6) is 0 Å². The van der Waals surface area contributed by atoms with Crippen molar-refractivity contribution in [3.8, 4) is 0 Å². The molecule has 0 spiro atoms. The van der Waals surface area contributed by atoms with Gasteiger partial charge in [0.2, 0.25) is 0 Å². The van der Waals surface area contributed by atoms with Gasteiger partial charge in [-0.25, -0.2) is 4.57 Å². The number of esters is 2. The number of hydrogen-bond donors (Lipinski definition) is 1. The molecule has 0 aliphatic carbocycles.